The van der Waals surface area contributed by atoms with E-state index in [9.17, 15) is 12.8 Å². The van der Waals surface area contributed by atoms with Gasteiger partial charge >= 0.3 is 0 Å². The molecule has 2 aromatic rings. The molecule has 23 heavy (non-hydrogen) atoms. The topological polar surface area (TPSA) is 55.4 Å². The van der Waals surface area contributed by atoms with Crippen LogP contribution >= 0.6 is 0 Å². The number of benzene rings is 2. The summed E-state index contributed by atoms with van der Waals surface area (Å²) in [6.45, 7) is 2.49. The molecule has 1 atom stereocenters. The van der Waals surface area contributed by atoms with Crippen molar-refractivity contribution >= 4 is 10.0 Å². The van der Waals surface area contributed by atoms with E-state index in [1.807, 2.05) is 12.1 Å². The second kappa shape index (κ2) is 6.29. The highest BCUT2D eigenvalue weighted by Gasteiger charge is 2.19. The maximum absolute atomic E-state index is 13.2. The molecule has 0 saturated heterocycles. The Morgan fingerprint density at radius 1 is 1.26 bits per heavy atom. The first-order valence-corrected chi connectivity index (χ1v) is 8.95. The summed E-state index contributed by atoms with van der Waals surface area (Å²) in [6, 6.07) is 10.6. The lowest BCUT2D eigenvalue weighted by molar-refractivity contribution is 0.357. The molecule has 0 bridgehead atoms. The third-order valence-electron chi connectivity index (χ3n) is 3.76. The normalized spacial score (nSPS) is 15.0. The van der Waals surface area contributed by atoms with E-state index in [1.165, 1.54) is 18.2 Å². The molecule has 122 valence electrons. The molecule has 0 radical (unpaired) electrons. The molecular formula is C17H18FNO3S. The summed E-state index contributed by atoms with van der Waals surface area (Å²) >= 11 is 0. The second-order valence-electron chi connectivity index (χ2n) is 5.72. The zero-order valence-corrected chi connectivity index (χ0v) is 13.6. The first kappa shape index (κ1) is 16.0. The zero-order chi connectivity index (χ0) is 16.4. The first-order valence-electron chi connectivity index (χ1n) is 7.46. The van der Waals surface area contributed by atoms with Crippen molar-refractivity contribution in [2.24, 2.45) is 0 Å². The third-order valence-corrected chi connectivity index (χ3v) is 5.35. The number of nitrogens with one attached hydrogen (secondary N) is 1. The molecule has 4 nitrogen and oxygen atoms in total. The van der Waals surface area contributed by atoms with E-state index in [4.69, 9.17) is 4.74 Å². The molecular weight excluding hydrogens is 317 g/mol. The lowest BCUT2D eigenvalue weighted by atomic mass is 10.0. The van der Waals surface area contributed by atoms with Crippen LogP contribution in [0.1, 0.15) is 18.1 Å². The van der Waals surface area contributed by atoms with Crippen LogP contribution in [0.15, 0.2) is 47.4 Å². The maximum Gasteiger partial charge on any atom is 0.240 e. The number of hydrogen-bond acceptors (Lipinski definition) is 3. The van der Waals surface area contributed by atoms with Crippen molar-refractivity contribution in [3.05, 3.63) is 59.4 Å². The molecule has 0 fully saturated rings. The molecule has 0 aliphatic carbocycles. The van der Waals surface area contributed by atoms with Crippen LogP contribution in [0.3, 0.4) is 0 Å². The van der Waals surface area contributed by atoms with Gasteiger partial charge in [-0.1, -0.05) is 18.2 Å². The number of fused-ring (bicyclic) bond motifs is 1. The van der Waals surface area contributed by atoms with Crippen molar-refractivity contribution in [2.75, 3.05) is 6.61 Å². The minimum atomic E-state index is -3.73. The molecule has 3 rings (SSSR count). The van der Waals surface area contributed by atoms with Gasteiger partial charge in [0.1, 0.15) is 11.6 Å². The van der Waals surface area contributed by atoms with Gasteiger partial charge in [0, 0.05) is 12.5 Å². The Labute approximate surface area is 135 Å². The fourth-order valence-electron chi connectivity index (χ4n) is 2.73. The third kappa shape index (κ3) is 3.71. The van der Waals surface area contributed by atoms with E-state index in [-0.39, 0.29) is 10.9 Å². The van der Waals surface area contributed by atoms with Crippen molar-refractivity contribution < 1.29 is 17.5 Å². The van der Waals surface area contributed by atoms with Crippen LogP contribution in [0, 0.1) is 5.82 Å². The average Bonchev–Trinajstić information content (AvgIpc) is 2.94. The van der Waals surface area contributed by atoms with Crippen LogP contribution < -0.4 is 9.46 Å². The number of sulfonamides is 1. The molecule has 0 aromatic heterocycles. The van der Waals surface area contributed by atoms with Crippen molar-refractivity contribution in [3.8, 4) is 5.75 Å². The summed E-state index contributed by atoms with van der Waals surface area (Å²) in [5.41, 5.74) is 2.20. The van der Waals surface area contributed by atoms with Gasteiger partial charge in [-0.05, 0) is 48.7 Å². The van der Waals surface area contributed by atoms with Gasteiger partial charge in [-0.3, -0.25) is 0 Å². The zero-order valence-electron chi connectivity index (χ0n) is 12.8. The van der Waals surface area contributed by atoms with Gasteiger partial charge in [0.05, 0.1) is 11.5 Å². The monoisotopic (exact) mass is 335 g/mol. The van der Waals surface area contributed by atoms with Gasteiger partial charge in [-0.15, -0.1) is 0 Å². The molecule has 1 aliphatic heterocycles. The molecule has 0 saturated carbocycles. The highest BCUT2D eigenvalue weighted by atomic mass is 32.2. The van der Waals surface area contributed by atoms with E-state index < -0.39 is 15.8 Å². The van der Waals surface area contributed by atoms with Gasteiger partial charge in [0.25, 0.3) is 0 Å². The van der Waals surface area contributed by atoms with Crippen LogP contribution in [-0.4, -0.2) is 21.1 Å². The summed E-state index contributed by atoms with van der Waals surface area (Å²) in [7, 11) is -3.73. The highest BCUT2D eigenvalue weighted by molar-refractivity contribution is 7.89. The Morgan fingerprint density at radius 3 is 2.87 bits per heavy atom. The first-order chi connectivity index (χ1) is 10.9. The van der Waals surface area contributed by atoms with E-state index >= 15 is 0 Å². The van der Waals surface area contributed by atoms with Crippen molar-refractivity contribution in [3.63, 3.8) is 0 Å². The summed E-state index contributed by atoms with van der Waals surface area (Å²) in [4.78, 5) is -0.0632. The Balaban J connectivity index is 1.70. The molecule has 6 heteroatoms. The van der Waals surface area contributed by atoms with Gasteiger partial charge in [0.2, 0.25) is 10.0 Å². The van der Waals surface area contributed by atoms with Crippen LogP contribution in [0.2, 0.25) is 0 Å². The van der Waals surface area contributed by atoms with E-state index in [1.54, 1.807) is 6.92 Å². The average molecular weight is 335 g/mol. The van der Waals surface area contributed by atoms with E-state index in [2.05, 4.69) is 10.8 Å². The Kier molecular flexibility index (Phi) is 4.37. The standard InChI is InChI=1S/C17H18FNO3S/c1-12(9-13-5-6-17-14(10-13)7-8-22-17)19-23(20,21)16-4-2-3-15(18)11-16/h2-6,10-12,19H,7-9H2,1H3. The predicted molar refractivity (Wildman–Crippen MR) is 85.5 cm³/mol. The lowest BCUT2D eigenvalue weighted by Crippen LogP contribution is -2.34. The number of rotatable bonds is 5. The number of ether oxygens (including phenoxy) is 1. The predicted octanol–water partition coefficient (Wildman–Crippen LogP) is 2.67. The van der Waals surface area contributed by atoms with Crippen molar-refractivity contribution in [1.29, 1.82) is 0 Å². The summed E-state index contributed by atoms with van der Waals surface area (Å²) in [6.07, 6.45) is 1.44. The van der Waals surface area contributed by atoms with E-state index in [0.717, 1.165) is 29.4 Å². The van der Waals surface area contributed by atoms with Gasteiger partial charge in [0.15, 0.2) is 0 Å². The molecule has 1 heterocycles. The van der Waals surface area contributed by atoms with Gasteiger partial charge < -0.3 is 4.74 Å². The van der Waals surface area contributed by atoms with Gasteiger partial charge in [-0.25, -0.2) is 17.5 Å². The fraction of sp³-hybridized carbons (Fsp3) is 0.294. The molecule has 1 unspecified atom stereocenters. The molecule has 0 spiro atoms. The summed E-state index contributed by atoms with van der Waals surface area (Å²) in [5.74, 6) is 0.334. The minimum Gasteiger partial charge on any atom is -0.493 e. The summed E-state index contributed by atoms with van der Waals surface area (Å²) in [5, 5.41) is 0. The number of halogens is 1. The van der Waals surface area contributed by atoms with E-state index in [0.29, 0.717) is 13.0 Å². The minimum absolute atomic E-state index is 0.0632. The molecule has 1 N–H and O–H groups in total. The fourth-order valence-corrected chi connectivity index (χ4v) is 4.00. The molecule has 2 aromatic carbocycles. The van der Waals surface area contributed by atoms with Crippen LogP contribution in [-0.2, 0) is 22.9 Å². The Morgan fingerprint density at radius 2 is 2.09 bits per heavy atom. The van der Waals surface area contributed by atoms with Gasteiger partial charge in [-0.2, -0.15) is 0 Å². The maximum atomic E-state index is 13.2. The quantitative estimate of drug-likeness (QED) is 0.914. The SMILES string of the molecule is CC(Cc1ccc2c(c1)CCO2)NS(=O)(=O)c1cccc(F)c1. The van der Waals surface area contributed by atoms with Crippen LogP contribution in [0.5, 0.6) is 5.75 Å². The highest BCUT2D eigenvalue weighted by Crippen LogP contribution is 2.26. The Bertz CT molecular complexity index is 820. The largest absolute Gasteiger partial charge is 0.493 e. The van der Waals surface area contributed by atoms with Crippen molar-refractivity contribution in [2.45, 2.75) is 30.7 Å². The van der Waals surface area contributed by atoms with Crippen molar-refractivity contribution in [1.82, 2.24) is 4.72 Å². The lowest BCUT2D eigenvalue weighted by Gasteiger charge is -2.15. The van der Waals surface area contributed by atoms with Crippen LogP contribution in [0.4, 0.5) is 4.39 Å². The smallest absolute Gasteiger partial charge is 0.240 e. The molecule has 1 aliphatic rings. The summed E-state index contributed by atoms with van der Waals surface area (Å²) < 4.78 is 45.8. The van der Waals surface area contributed by atoms with Crippen LogP contribution in [0.25, 0.3) is 0 Å². The Hall–Kier alpha value is -1.92. The number of hydrogen-bond donors (Lipinski definition) is 1. The second-order valence-corrected chi connectivity index (χ2v) is 7.44. The molecule has 0 amide bonds.